The molecule has 2 aliphatic rings. The zero-order chi connectivity index (χ0) is 12.4. The third kappa shape index (κ3) is 2.43. The monoisotopic (exact) mass is 247 g/mol. The van der Waals surface area contributed by atoms with Crippen molar-refractivity contribution in [2.45, 2.75) is 50.7 Å². The van der Waals surface area contributed by atoms with Crippen LogP contribution in [-0.4, -0.2) is 29.7 Å². The van der Waals surface area contributed by atoms with Gasteiger partial charge < -0.3 is 15.4 Å². The molecule has 2 N–H and O–H groups in total. The number of aromatic nitrogens is 1. The minimum absolute atomic E-state index is 0.526. The number of hydrogen-bond acceptors (Lipinski definition) is 4. The Hall–Kier alpha value is -1.29. The first-order valence-electron chi connectivity index (χ1n) is 6.95. The fourth-order valence-electron chi connectivity index (χ4n) is 3.14. The lowest BCUT2D eigenvalue weighted by Crippen LogP contribution is -2.43. The molecule has 2 saturated heterocycles. The van der Waals surface area contributed by atoms with Crippen LogP contribution >= 0.6 is 0 Å². The SMILES string of the molecule is CCOc1cccnc1NC1CC2CCC(C1)N2. The first-order valence-corrected chi connectivity index (χ1v) is 6.95. The van der Waals surface area contributed by atoms with Crippen LogP contribution in [0.25, 0.3) is 0 Å². The molecule has 2 aliphatic heterocycles. The number of anilines is 1. The molecule has 98 valence electrons. The molecule has 0 aliphatic carbocycles. The third-order valence-electron chi connectivity index (χ3n) is 3.88. The minimum Gasteiger partial charge on any atom is -0.490 e. The summed E-state index contributed by atoms with van der Waals surface area (Å²) < 4.78 is 5.61. The summed E-state index contributed by atoms with van der Waals surface area (Å²) in [5.41, 5.74) is 0. The van der Waals surface area contributed by atoms with Crippen molar-refractivity contribution in [3.05, 3.63) is 18.3 Å². The fourth-order valence-corrected chi connectivity index (χ4v) is 3.14. The predicted octanol–water partition coefficient (Wildman–Crippen LogP) is 2.18. The summed E-state index contributed by atoms with van der Waals surface area (Å²) in [6.45, 7) is 2.68. The van der Waals surface area contributed by atoms with Crippen LogP contribution in [0.1, 0.15) is 32.6 Å². The average Bonchev–Trinajstić information content (AvgIpc) is 2.72. The van der Waals surface area contributed by atoms with E-state index in [0.717, 1.165) is 11.6 Å². The Morgan fingerprint density at radius 1 is 1.39 bits per heavy atom. The smallest absolute Gasteiger partial charge is 0.168 e. The van der Waals surface area contributed by atoms with E-state index in [0.29, 0.717) is 24.7 Å². The molecule has 3 heterocycles. The molecule has 0 aromatic carbocycles. The number of hydrogen-bond donors (Lipinski definition) is 2. The summed E-state index contributed by atoms with van der Waals surface area (Å²) in [5, 5.41) is 7.21. The van der Waals surface area contributed by atoms with Gasteiger partial charge >= 0.3 is 0 Å². The molecule has 2 fully saturated rings. The van der Waals surface area contributed by atoms with Crippen molar-refractivity contribution in [2.75, 3.05) is 11.9 Å². The molecule has 1 aromatic rings. The Kier molecular flexibility index (Phi) is 3.37. The topological polar surface area (TPSA) is 46.2 Å². The van der Waals surface area contributed by atoms with Gasteiger partial charge in [0.25, 0.3) is 0 Å². The Balaban J connectivity index is 1.68. The van der Waals surface area contributed by atoms with E-state index in [1.807, 2.05) is 25.3 Å². The van der Waals surface area contributed by atoms with Crippen LogP contribution in [0.3, 0.4) is 0 Å². The quantitative estimate of drug-likeness (QED) is 0.856. The molecule has 0 radical (unpaired) electrons. The highest BCUT2D eigenvalue weighted by atomic mass is 16.5. The molecule has 4 nitrogen and oxygen atoms in total. The number of nitrogens with zero attached hydrogens (tertiary/aromatic N) is 1. The number of fused-ring (bicyclic) bond motifs is 2. The van der Waals surface area contributed by atoms with Gasteiger partial charge in [-0.1, -0.05) is 0 Å². The molecule has 2 bridgehead atoms. The Morgan fingerprint density at radius 3 is 2.89 bits per heavy atom. The first kappa shape index (κ1) is 11.8. The first-order chi connectivity index (χ1) is 8.85. The van der Waals surface area contributed by atoms with Gasteiger partial charge in [-0.05, 0) is 44.7 Å². The molecule has 0 saturated carbocycles. The van der Waals surface area contributed by atoms with Crippen LogP contribution in [0.15, 0.2) is 18.3 Å². The molecule has 4 heteroatoms. The van der Waals surface area contributed by atoms with Gasteiger partial charge in [-0.15, -0.1) is 0 Å². The number of ether oxygens (including phenoxy) is 1. The summed E-state index contributed by atoms with van der Waals surface area (Å²) in [4.78, 5) is 4.41. The zero-order valence-corrected chi connectivity index (χ0v) is 10.9. The van der Waals surface area contributed by atoms with E-state index in [-0.39, 0.29) is 0 Å². The highest BCUT2D eigenvalue weighted by Gasteiger charge is 2.33. The van der Waals surface area contributed by atoms with Gasteiger partial charge in [-0.25, -0.2) is 4.98 Å². The van der Waals surface area contributed by atoms with Crippen LogP contribution in [0.4, 0.5) is 5.82 Å². The van der Waals surface area contributed by atoms with Gasteiger partial charge in [0.1, 0.15) is 0 Å². The maximum atomic E-state index is 5.61. The van der Waals surface area contributed by atoms with E-state index in [1.54, 1.807) is 0 Å². The molecule has 18 heavy (non-hydrogen) atoms. The minimum atomic E-state index is 0.526. The fraction of sp³-hybridized carbons (Fsp3) is 0.643. The second-order valence-electron chi connectivity index (χ2n) is 5.23. The van der Waals surface area contributed by atoms with Gasteiger partial charge in [0.2, 0.25) is 0 Å². The van der Waals surface area contributed by atoms with Gasteiger partial charge in [0, 0.05) is 24.3 Å². The molecule has 1 aromatic heterocycles. The van der Waals surface area contributed by atoms with Crippen molar-refractivity contribution < 1.29 is 4.74 Å². The molecule has 3 rings (SSSR count). The average molecular weight is 247 g/mol. The lowest BCUT2D eigenvalue weighted by atomic mass is 10.00. The van der Waals surface area contributed by atoms with Crippen LogP contribution in [0, 0.1) is 0 Å². The lowest BCUT2D eigenvalue weighted by Gasteiger charge is -2.30. The Labute approximate surface area is 108 Å². The van der Waals surface area contributed by atoms with Crippen molar-refractivity contribution in [3.63, 3.8) is 0 Å². The Bertz CT molecular complexity index is 398. The Morgan fingerprint density at radius 2 is 2.17 bits per heavy atom. The maximum absolute atomic E-state index is 5.61. The van der Waals surface area contributed by atoms with E-state index in [1.165, 1.54) is 25.7 Å². The van der Waals surface area contributed by atoms with E-state index >= 15 is 0 Å². The number of nitrogens with one attached hydrogen (secondary N) is 2. The van der Waals surface area contributed by atoms with Crippen molar-refractivity contribution in [3.8, 4) is 5.75 Å². The van der Waals surface area contributed by atoms with E-state index in [4.69, 9.17) is 4.74 Å². The van der Waals surface area contributed by atoms with Gasteiger partial charge in [-0.2, -0.15) is 0 Å². The van der Waals surface area contributed by atoms with Gasteiger partial charge in [0.15, 0.2) is 11.6 Å². The maximum Gasteiger partial charge on any atom is 0.168 e. The van der Waals surface area contributed by atoms with Crippen LogP contribution in [0.5, 0.6) is 5.75 Å². The third-order valence-corrected chi connectivity index (χ3v) is 3.88. The molecule has 2 unspecified atom stereocenters. The van der Waals surface area contributed by atoms with Crippen molar-refractivity contribution in [1.82, 2.24) is 10.3 Å². The summed E-state index contributed by atoms with van der Waals surface area (Å²) in [5.74, 6) is 1.76. The van der Waals surface area contributed by atoms with E-state index in [9.17, 15) is 0 Å². The predicted molar refractivity (Wildman–Crippen MR) is 72.0 cm³/mol. The number of pyridine rings is 1. The lowest BCUT2D eigenvalue weighted by molar-refractivity contribution is 0.337. The summed E-state index contributed by atoms with van der Waals surface area (Å²) in [7, 11) is 0. The largest absolute Gasteiger partial charge is 0.490 e. The second-order valence-corrected chi connectivity index (χ2v) is 5.23. The van der Waals surface area contributed by atoms with Crippen LogP contribution in [-0.2, 0) is 0 Å². The van der Waals surface area contributed by atoms with Crippen LogP contribution in [0.2, 0.25) is 0 Å². The normalized spacial score (nSPS) is 30.2. The van der Waals surface area contributed by atoms with Crippen molar-refractivity contribution in [2.24, 2.45) is 0 Å². The van der Waals surface area contributed by atoms with Crippen molar-refractivity contribution >= 4 is 5.82 Å². The molecular formula is C14H21N3O. The molecule has 0 spiro atoms. The molecule has 0 amide bonds. The summed E-state index contributed by atoms with van der Waals surface area (Å²) in [6, 6.07) is 5.82. The summed E-state index contributed by atoms with van der Waals surface area (Å²) in [6.07, 6.45) is 6.85. The highest BCUT2D eigenvalue weighted by Crippen LogP contribution is 2.30. The van der Waals surface area contributed by atoms with Gasteiger partial charge in [-0.3, -0.25) is 0 Å². The number of piperidine rings is 1. The van der Waals surface area contributed by atoms with E-state index in [2.05, 4.69) is 15.6 Å². The second kappa shape index (κ2) is 5.14. The van der Waals surface area contributed by atoms with Crippen LogP contribution < -0.4 is 15.4 Å². The number of rotatable bonds is 4. The highest BCUT2D eigenvalue weighted by molar-refractivity contribution is 5.50. The summed E-state index contributed by atoms with van der Waals surface area (Å²) >= 11 is 0. The standard InChI is InChI=1S/C14H21N3O/c1-2-18-13-4-3-7-15-14(13)17-12-8-10-5-6-11(9-12)16-10/h3-4,7,10-12,16H,2,5-6,8-9H2,1H3,(H,15,17). The van der Waals surface area contributed by atoms with E-state index < -0.39 is 0 Å². The van der Waals surface area contributed by atoms with Crippen molar-refractivity contribution in [1.29, 1.82) is 0 Å². The zero-order valence-electron chi connectivity index (χ0n) is 10.9. The van der Waals surface area contributed by atoms with Gasteiger partial charge in [0.05, 0.1) is 6.61 Å². The molecular weight excluding hydrogens is 226 g/mol. The molecule has 2 atom stereocenters.